The molecule has 1 aliphatic heterocycles. The molecular formula is C20H23N3O4. The molecule has 7 nitrogen and oxygen atoms in total. The molecule has 1 aliphatic rings. The van der Waals surface area contributed by atoms with E-state index in [0.717, 1.165) is 28.9 Å². The predicted octanol–water partition coefficient (Wildman–Crippen LogP) is 4.88. The van der Waals surface area contributed by atoms with Gasteiger partial charge in [-0.1, -0.05) is 0 Å². The van der Waals surface area contributed by atoms with Gasteiger partial charge in [-0.05, 0) is 68.1 Å². The summed E-state index contributed by atoms with van der Waals surface area (Å²) in [7, 11) is 0. The van der Waals surface area contributed by atoms with Gasteiger partial charge in [0, 0.05) is 12.1 Å². The third-order valence-corrected chi connectivity index (χ3v) is 4.41. The number of hydrogen-bond acceptors (Lipinski definition) is 6. The second-order valence-electron chi connectivity index (χ2n) is 6.40. The lowest BCUT2D eigenvalue weighted by Crippen LogP contribution is -2.07. The number of non-ortho nitro benzene ring substituents is 1. The second kappa shape index (κ2) is 8.16. The van der Waals surface area contributed by atoms with Crippen LogP contribution in [0.5, 0.6) is 11.5 Å². The first-order chi connectivity index (χ1) is 13.0. The molecule has 0 aromatic heterocycles. The molecule has 1 unspecified atom stereocenters. The van der Waals surface area contributed by atoms with Gasteiger partial charge in [-0.25, -0.2) is 0 Å². The lowest BCUT2D eigenvalue weighted by molar-refractivity contribution is -0.384. The van der Waals surface area contributed by atoms with E-state index in [-0.39, 0.29) is 17.8 Å². The summed E-state index contributed by atoms with van der Waals surface area (Å²) in [5.41, 5.74) is 3.00. The summed E-state index contributed by atoms with van der Waals surface area (Å²) in [6, 6.07) is 10.1. The average Bonchev–Trinajstić information content (AvgIpc) is 2.80. The fraction of sp³-hybridized carbons (Fsp3) is 0.400. The van der Waals surface area contributed by atoms with Gasteiger partial charge in [0.2, 0.25) is 0 Å². The van der Waals surface area contributed by atoms with Crippen LogP contribution in [-0.2, 0) is 6.42 Å². The van der Waals surface area contributed by atoms with E-state index in [1.807, 2.05) is 32.9 Å². The van der Waals surface area contributed by atoms with E-state index in [9.17, 15) is 10.1 Å². The van der Waals surface area contributed by atoms with Gasteiger partial charge >= 0.3 is 0 Å². The average molecular weight is 369 g/mol. The van der Waals surface area contributed by atoms with Crippen LogP contribution in [0.15, 0.2) is 46.6 Å². The third-order valence-electron chi connectivity index (χ3n) is 4.41. The van der Waals surface area contributed by atoms with Gasteiger partial charge in [0.25, 0.3) is 5.69 Å². The lowest BCUT2D eigenvalue weighted by Gasteiger charge is -2.19. The standard InChI is InChI=1S/C20H23N3O4/c1-4-26-18-11-15-10-13(3)21-22-20(17(15)12-19(18)27-5-2)14-6-8-16(9-7-14)23(24)25/h6-9,11-13,20H,4-5,10H2,1-3H3/t13-,20?/m1/s1. The highest BCUT2D eigenvalue weighted by Gasteiger charge is 2.25. The monoisotopic (exact) mass is 369 g/mol. The maximum atomic E-state index is 10.9. The fourth-order valence-corrected chi connectivity index (χ4v) is 3.21. The Morgan fingerprint density at radius 2 is 1.70 bits per heavy atom. The van der Waals surface area contributed by atoms with Crippen molar-refractivity contribution in [1.82, 2.24) is 0 Å². The van der Waals surface area contributed by atoms with Gasteiger partial charge in [0.1, 0.15) is 6.04 Å². The quantitative estimate of drug-likeness (QED) is 0.536. The molecule has 3 rings (SSSR count). The topological polar surface area (TPSA) is 86.3 Å². The zero-order valence-electron chi connectivity index (χ0n) is 15.7. The van der Waals surface area contributed by atoms with Gasteiger partial charge in [0.05, 0.1) is 24.2 Å². The van der Waals surface area contributed by atoms with E-state index < -0.39 is 4.92 Å². The fourth-order valence-electron chi connectivity index (χ4n) is 3.21. The molecule has 0 bridgehead atoms. The summed E-state index contributed by atoms with van der Waals surface area (Å²) in [6.07, 6.45) is 0.745. The smallest absolute Gasteiger partial charge is 0.269 e. The molecule has 2 aromatic rings. The number of nitrogens with zero attached hydrogens (tertiary/aromatic N) is 3. The zero-order chi connectivity index (χ0) is 19.4. The maximum absolute atomic E-state index is 10.9. The predicted molar refractivity (Wildman–Crippen MR) is 102 cm³/mol. The molecule has 2 aromatic carbocycles. The van der Waals surface area contributed by atoms with Crippen LogP contribution < -0.4 is 9.47 Å². The number of ether oxygens (including phenoxy) is 2. The molecule has 1 heterocycles. The van der Waals surface area contributed by atoms with E-state index in [4.69, 9.17) is 9.47 Å². The lowest BCUT2D eigenvalue weighted by atomic mass is 9.92. The van der Waals surface area contributed by atoms with Crippen LogP contribution >= 0.6 is 0 Å². The van der Waals surface area contributed by atoms with Crippen molar-refractivity contribution in [1.29, 1.82) is 0 Å². The van der Waals surface area contributed by atoms with E-state index in [1.165, 1.54) is 12.1 Å². The number of fused-ring (bicyclic) bond motifs is 1. The van der Waals surface area contributed by atoms with Crippen molar-refractivity contribution in [3.05, 3.63) is 63.2 Å². The first-order valence-electron chi connectivity index (χ1n) is 9.10. The molecule has 0 aliphatic carbocycles. The highest BCUT2D eigenvalue weighted by molar-refractivity contribution is 5.51. The molecule has 0 saturated heterocycles. The largest absolute Gasteiger partial charge is 0.490 e. The van der Waals surface area contributed by atoms with E-state index in [0.29, 0.717) is 19.0 Å². The Balaban J connectivity index is 2.09. The normalized spacial score (nSPS) is 18.5. The summed E-state index contributed by atoms with van der Waals surface area (Å²) >= 11 is 0. The van der Waals surface area contributed by atoms with E-state index >= 15 is 0 Å². The second-order valence-corrected chi connectivity index (χ2v) is 6.40. The molecule has 0 radical (unpaired) electrons. The Morgan fingerprint density at radius 3 is 2.30 bits per heavy atom. The van der Waals surface area contributed by atoms with Crippen LogP contribution in [0.1, 0.15) is 43.5 Å². The molecule has 0 N–H and O–H groups in total. The van der Waals surface area contributed by atoms with Crippen LogP contribution in [-0.4, -0.2) is 24.2 Å². The van der Waals surface area contributed by atoms with Crippen molar-refractivity contribution in [2.24, 2.45) is 10.2 Å². The van der Waals surface area contributed by atoms with Gasteiger partial charge in [0.15, 0.2) is 11.5 Å². The summed E-state index contributed by atoms with van der Waals surface area (Å²) < 4.78 is 11.5. The Kier molecular flexibility index (Phi) is 5.69. The minimum atomic E-state index is -0.407. The van der Waals surface area contributed by atoms with Crippen LogP contribution in [0.3, 0.4) is 0 Å². The minimum Gasteiger partial charge on any atom is -0.490 e. The van der Waals surface area contributed by atoms with Crippen molar-refractivity contribution in [3.63, 3.8) is 0 Å². The number of rotatable bonds is 6. The van der Waals surface area contributed by atoms with Crippen LogP contribution in [0.4, 0.5) is 5.69 Å². The molecule has 2 atom stereocenters. The van der Waals surface area contributed by atoms with Gasteiger partial charge in [-0.3, -0.25) is 10.1 Å². The van der Waals surface area contributed by atoms with Crippen molar-refractivity contribution in [2.45, 2.75) is 39.3 Å². The van der Waals surface area contributed by atoms with Crippen LogP contribution in [0.2, 0.25) is 0 Å². The molecule has 0 saturated carbocycles. The SMILES string of the molecule is CCOc1cc2c(cc1OCC)C(c1ccc([N+](=O)[O-])cc1)N=N[C@H](C)C2. The number of hydrogen-bond donors (Lipinski definition) is 0. The van der Waals surface area contributed by atoms with Crippen molar-refractivity contribution in [2.75, 3.05) is 13.2 Å². The first-order valence-corrected chi connectivity index (χ1v) is 9.10. The molecule has 142 valence electrons. The molecule has 27 heavy (non-hydrogen) atoms. The summed E-state index contributed by atoms with van der Waals surface area (Å²) in [6.45, 7) is 6.96. The third kappa shape index (κ3) is 4.07. The highest BCUT2D eigenvalue weighted by Crippen LogP contribution is 2.40. The molecular weight excluding hydrogens is 346 g/mol. The molecule has 0 fully saturated rings. The first kappa shape index (κ1) is 18.8. The summed E-state index contributed by atoms with van der Waals surface area (Å²) in [4.78, 5) is 10.5. The summed E-state index contributed by atoms with van der Waals surface area (Å²) in [5, 5.41) is 19.9. The Morgan fingerprint density at radius 1 is 1.07 bits per heavy atom. The van der Waals surface area contributed by atoms with Crippen molar-refractivity contribution >= 4 is 5.69 Å². The highest BCUT2D eigenvalue weighted by atomic mass is 16.6. The minimum absolute atomic E-state index is 0.0409. The van der Waals surface area contributed by atoms with Crippen molar-refractivity contribution < 1.29 is 14.4 Å². The molecule has 0 amide bonds. The number of nitro benzene ring substituents is 1. The van der Waals surface area contributed by atoms with Gasteiger partial charge in [-0.2, -0.15) is 10.2 Å². The van der Waals surface area contributed by atoms with E-state index in [2.05, 4.69) is 10.2 Å². The Hall–Kier alpha value is -2.96. The van der Waals surface area contributed by atoms with Gasteiger partial charge in [-0.15, -0.1) is 0 Å². The Bertz CT molecular complexity index is 849. The number of nitro groups is 1. The molecule has 7 heteroatoms. The van der Waals surface area contributed by atoms with Crippen LogP contribution in [0.25, 0.3) is 0 Å². The summed E-state index contributed by atoms with van der Waals surface area (Å²) in [5.74, 6) is 1.39. The van der Waals surface area contributed by atoms with Crippen molar-refractivity contribution in [3.8, 4) is 11.5 Å². The number of benzene rings is 2. The number of azo groups is 1. The zero-order valence-corrected chi connectivity index (χ0v) is 15.7. The van der Waals surface area contributed by atoms with Gasteiger partial charge < -0.3 is 9.47 Å². The van der Waals surface area contributed by atoms with Crippen LogP contribution in [0, 0.1) is 10.1 Å². The molecule has 0 spiro atoms. The maximum Gasteiger partial charge on any atom is 0.269 e. The Labute approximate surface area is 158 Å². The van der Waals surface area contributed by atoms with E-state index in [1.54, 1.807) is 12.1 Å².